The Morgan fingerprint density at radius 3 is 2.81 bits per heavy atom. The molecule has 1 heterocycles. The number of imidazole rings is 1. The van der Waals surface area contributed by atoms with Crippen molar-refractivity contribution >= 4 is 28.3 Å². The summed E-state index contributed by atoms with van der Waals surface area (Å²) in [6.45, 7) is 0. The molecule has 4 rings (SSSR count). The quantitative estimate of drug-likeness (QED) is 0.418. The van der Waals surface area contributed by atoms with Gasteiger partial charge in [-0.1, -0.05) is 30.4 Å². The highest BCUT2D eigenvalue weighted by Gasteiger charge is 2.19. The van der Waals surface area contributed by atoms with Crippen LogP contribution in [-0.4, -0.2) is 25.8 Å². The first kappa shape index (κ1) is 16.5. The number of carbonyl (C=O) groups excluding carboxylic acids is 1. The summed E-state index contributed by atoms with van der Waals surface area (Å²) in [6.07, 6.45) is 6.17. The van der Waals surface area contributed by atoms with Gasteiger partial charge in [0, 0.05) is 23.3 Å². The number of nitro benzene ring substituents is 1. The summed E-state index contributed by atoms with van der Waals surface area (Å²) in [5.41, 5.74) is 2.00. The predicted molar refractivity (Wildman–Crippen MR) is 99.5 cm³/mol. The minimum Gasteiger partial charge on any atom is -0.426 e. The van der Waals surface area contributed by atoms with Crippen molar-refractivity contribution < 1.29 is 14.9 Å². The number of hydrogen-bond acceptors (Lipinski definition) is 5. The predicted octanol–water partition coefficient (Wildman–Crippen LogP) is 3.67. The fourth-order valence-electron chi connectivity index (χ4n) is 2.95. The molecule has 0 aliphatic heterocycles. The number of amides is 1. The molecule has 8 nitrogen and oxygen atoms in total. The fourth-order valence-corrected chi connectivity index (χ4v) is 2.95. The van der Waals surface area contributed by atoms with Crippen LogP contribution in [0.15, 0.2) is 66.3 Å². The van der Waals surface area contributed by atoms with E-state index in [0.29, 0.717) is 22.3 Å². The number of benzene rings is 2. The summed E-state index contributed by atoms with van der Waals surface area (Å²) in [7, 11) is 0. The average Bonchev–Trinajstić information content (AvgIpc) is 3.31. The van der Waals surface area contributed by atoms with Gasteiger partial charge in [-0.3, -0.25) is 14.9 Å². The molecule has 2 N–H and O–H groups in total. The van der Waals surface area contributed by atoms with E-state index in [1.165, 1.54) is 18.2 Å². The second-order valence-corrected chi connectivity index (χ2v) is 5.97. The average molecular weight is 362 g/mol. The van der Waals surface area contributed by atoms with Crippen LogP contribution in [0.4, 0.5) is 11.4 Å². The molecule has 0 atom stereocenters. The molecule has 1 amide bonds. The van der Waals surface area contributed by atoms with Crippen LogP contribution in [0.1, 0.15) is 6.42 Å². The summed E-state index contributed by atoms with van der Waals surface area (Å²) in [6, 6.07) is 11.0. The van der Waals surface area contributed by atoms with Crippen LogP contribution >= 0.6 is 0 Å². The molecule has 0 fully saturated rings. The Morgan fingerprint density at radius 1 is 1.26 bits per heavy atom. The van der Waals surface area contributed by atoms with Crippen molar-refractivity contribution in [3.8, 4) is 11.4 Å². The van der Waals surface area contributed by atoms with Crippen LogP contribution in [0, 0.1) is 10.1 Å². The molecule has 0 unspecified atom stereocenters. The highest BCUT2D eigenvalue weighted by molar-refractivity contribution is 6.07. The molecule has 0 spiro atoms. The van der Waals surface area contributed by atoms with Gasteiger partial charge in [-0.05, 0) is 24.6 Å². The van der Waals surface area contributed by atoms with Crippen molar-refractivity contribution in [1.29, 1.82) is 0 Å². The summed E-state index contributed by atoms with van der Waals surface area (Å²) >= 11 is 0. The van der Waals surface area contributed by atoms with Gasteiger partial charge in [0.2, 0.25) is 0 Å². The van der Waals surface area contributed by atoms with Gasteiger partial charge in [0.1, 0.15) is 5.52 Å². The lowest BCUT2D eigenvalue weighted by Gasteiger charge is -2.10. The SMILES string of the molecule is O=C(Nc1ccccc1-c1nc2ccc([N+](=O)[O-])cc2n1O)C1=CCC=C1. The number of aromatic nitrogens is 2. The molecule has 0 bridgehead atoms. The van der Waals surface area contributed by atoms with Crippen LogP contribution in [-0.2, 0) is 4.79 Å². The van der Waals surface area contributed by atoms with Gasteiger partial charge in [-0.25, -0.2) is 4.98 Å². The van der Waals surface area contributed by atoms with E-state index in [9.17, 15) is 20.1 Å². The van der Waals surface area contributed by atoms with Crippen LogP contribution < -0.4 is 5.32 Å². The first-order chi connectivity index (χ1) is 13.0. The molecule has 1 aromatic heterocycles. The third-order valence-electron chi connectivity index (χ3n) is 4.27. The summed E-state index contributed by atoms with van der Waals surface area (Å²) in [4.78, 5) is 27.2. The molecule has 0 saturated heterocycles. The number of allylic oxidation sites excluding steroid dienone is 2. The number of rotatable bonds is 4. The van der Waals surface area contributed by atoms with Gasteiger partial charge < -0.3 is 10.5 Å². The number of nitro groups is 1. The van der Waals surface area contributed by atoms with E-state index in [0.717, 1.165) is 11.2 Å². The van der Waals surface area contributed by atoms with Gasteiger partial charge >= 0.3 is 0 Å². The number of hydrogen-bond donors (Lipinski definition) is 2. The molecule has 0 radical (unpaired) electrons. The maximum absolute atomic E-state index is 12.4. The fraction of sp³-hybridized carbons (Fsp3) is 0.0526. The summed E-state index contributed by atoms with van der Waals surface area (Å²) in [5.74, 6) is -0.0789. The zero-order valence-electron chi connectivity index (χ0n) is 14.0. The highest BCUT2D eigenvalue weighted by atomic mass is 16.6. The Bertz CT molecular complexity index is 1140. The second-order valence-electron chi connectivity index (χ2n) is 5.97. The van der Waals surface area contributed by atoms with Gasteiger partial charge in [-0.15, -0.1) is 0 Å². The van der Waals surface area contributed by atoms with Crippen molar-refractivity contribution in [2.24, 2.45) is 0 Å². The van der Waals surface area contributed by atoms with E-state index in [4.69, 9.17) is 0 Å². The van der Waals surface area contributed by atoms with Crippen molar-refractivity contribution in [3.05, 3.63) is 76.4 Å². The zero-order chi connectivity index (χ0) is 19.0. The van der Waals surface area contributed by atoms with Crippen molar-refractivity contribution in [3.63, 3.8) is 0 Å². The third kappa shape index (κ3) is 2.93. The number of nitrogens with one attached hydrogen (secondary N) is 1. The van der Waals surface area contributed by atoms with E-state index in [2.05, 4.69) is 10.3 Å². The van der Waals surface area contributed by atoms with Gasteiger partial charge in [0.25, 0.3) is 11.6 Å². The third-order valence-corrected chi connectivity index (χ3v) is 4.27. The molecule has 134 valence electrons. The Hall–Kier alpha value is -3.94. The molecule has 2 aromatic carbocycles. The van der Waals surface area contributed by atoms with E-state index in [-0.39, 0.29) is 22.9 Å². The second kappa shape index (κ2) is 6.41. The molecule has 8 heteroatoms. The zero-order valence-corrected chi connectivity index (χ0v) is 14.0. The Labute approximate surface area is 153 Å². The van der Waals surface area contributed by atoms with E-state index in [1.807, 2.05) is 12.2 Å². The van der Waals surface area contributed by atoms with E-state index >= 15 is 0 Å². The number of anilines is 1. The molecule has 27 heavy (non-hydrogen) atoms. The standard InChI is InChI=1S/C19H14N4O4/c24-19(12-5-1-2-6-12)21-15-8-4-3-7-14(15)18-20-16-10-9-13(23(26)27)11-17(16)22(18)25/h1,3-11,25H,2H2,(H,21,24). The lowest BCUT2D eigenvalue weighted by atomic mass is 10.1. The van der Waals surface area contributed by atoms with Crippen molar-refractivity contribution in [1.82, 2.24) is 9.71 Å². The maximum Gasteiger partial charge on any atom is 0.271 e. The lowest BCUT2D eigenvalue weighted by Crippen LogP contribution is -2.13. The number of nitrogens with zero attached hydrogens (tertiary/aromatic N) is 3. The van der Waals surface area contributed by atoms with E-state index in [1.54, 1.807) is 30.3 Å². The topological polar surface area (TPSA) is 110 Å². The largest absolute Gasteiger partial charge is 0.426 e. The molecule has 1 aliphatic carbocycles. The van der Waals surface area contributed by atoms with Crippen LogP contribution in [0.5, 0.6) is 0 Å². The maximum atomic E-state index is 12.4. The van der Waals surface area contributed by atoms with Gasteiger partial charge in [0.05, 0.1) is 16.1 Å². The number of carbonyl (C=O) groups is 1. The summed E-state index contributed by atoms with van der Waals surface area (Å²) in [5, 5.41) is 24.3. The number of non-ortho nitro benzene ring substituents is 1. The van der Waals surface area contributed by atoms with Crippen LogP contribution in [0.3, 0.4) is 0 Å². The Balaban J connectivity index is 1.77. The number of fused-ring (bicyclic) bond motifs is 1. The Morgan fingerprint density at radius 2 is 2.07 bits per heavy atom. The van der Waals surface area contributed by atoms with Crippen molar-refractivity contribution in [2.75, 3.05) is 5.32 Å². The van der Waals surface area contributed by atoms with Crippen LogP contribution in [0.2, 0.25) is 0 Å². The van der Waals surface area contributed by atoms with Gasteiger partial charge in [-0.2, -0.15) is 4.73 Å². The molecule has 1 aliphatic rings. The monoisotopic (exact) mass is 362 g/mol. The molecule has 3 aromatic rings. The molecular formula is C19H14N4O4. The highest BCUT2D eigenvalue weighted by Crippen LogP contribution is 2.31. The molecule has 0 saturated carbocycles. The normalized spacial score (nSPS) is 13.0. The van der Waals surface area contributed by atoms with Crippen LogP contribution in [0.25, 0.3) is 22.4 Å². The minimum atomic E-state index is -0.539. The smallest absolute Gasteiger partial charge is 0.271 e. The molecular weight excluding hydrogens is 348 g/mol. The Kier molecular flexibility index (Phi) is 3.92. The minimum absolute atomic E-state index is 0.147. The first-order valence-corrected chi connectivity index (χ1v) is 8.18. The summed E-state index contributed by atoms with van der Waals surface area (Å²) < 4.78 is 0.794. The lowest BCUT2D eigenvalue weighted by molar-refractivity contribution is -0.384. The van der Waals surface area contributed by atoms with Crippen molar-refractivity contribution in [2.45, 2.75) is 6.42 Å². The van der Waals surface area contributed by atoms with Gasteiger partial charge in [0.15, 0.2) is 5.82 Å². The first-order valence-electron chi connectivity index (χ1n) is 8.18. The number of para-hydroxylation sites is 1. The van der Waals surface area contributed by atoms with E-state index < -0.39 is 4.92 Å².